The number of piperazine rings is 1. The zero-order chi connectivity index (χ0) is 18.4. The topological polar surface area (TPSA) is 38.0 Å². The van der Waals surface area contributed by atoms with Gasteiger partial charge in [0.25, 0.3) is 5.91 Å². The molecule has 138 valence electrons. The number of amides is 1. The summed E-state index contributed by atoms with van der Waals surface area (Å²) in [4.78, 5) is 15.5. The molecule has 0 saturated carbocycles. The molecule has 0 spiro atoms. The van der Waals surface area contributed by atoms with Crippen molar-refractivity contribution in [2.24, 2.45) is 0 Å². The number of hydrogen-bond acceptors (Lipinski definition) is 1. The summed E-state index contributed by atoms with van der Waals surface area (Å²) in [6.45, 7) is 10.2. The number of carbonyl (C=O) groups is 1. The molecular weight excluding hydrogens is 322 g/mol. The predicted octanol–water partition coefficient (Wildman–Crippen LogP) is 0.480. The Bertz CT molecular complexity index is 721. The third-order valence-electron chi connectivity index (χ3n) is 5.38. The van der Waals surface area contributed by atoms with Crippen molar-refractivity contribution < 1.29 is 14.6 Å². The van der Waals surface area contributed by atoms with E-state index in [0.717, 1.165) is 50.4 Å². The summed E-state index contributed by atoms with van der Waals surface area (Å²) in [6.07, 6.45) is 0.936. The van der Waals surface area contributed by atoms with E-state index in [0.29, 0.717) is 6.54 Å². The SMILES string of the molecule is CCc1cccc(C)c1NC(=O)C[NH+]1CC[NH+](Cc2ccccc2)CC1. The van der Waals surface area contributed by atoms with E-state index < -0.39 is 0 Å². The number of benzene rings is 2. The molecule has 4 nitrogen and oxygen atoms in total. The standard InChI is InChI=1S/C22H29N3O/c1-3-20-11-7-8-18(2)22(20)23-21(26)17-25-14-12-24(13-15-25)16-19-9-5-4-6-10-19/h4-11H,3,12-17H2,1-2H3,(H,23,26)/p+2. The Balaban J connectivity index is 1.48. The van der Waals surface area contributed by atoms with Crippen molar-refractivity contribution in [1.29, 1.82) is 0 Å². The molecular formula is C22H31N3O+2. The summed E-state index contributed by atoms with van der Waals surface area (Å²) in [5.41, 5.74) is 4.76. The van der Waals surface area contributed by atoms with Gasteiger partial charge in [-0.3, -0.25) is 4.79 Å². The number of carbonyl (C=O) groups excluding carboxylic acids is 1. The molecule has 4 heteroatoms. The molecule has 3 rings (SSSR count). The van der Waals surface area contributed by atoms with Crippen molar-refractivity contribution in [2.75, 3.05) is 38.0 Å². The molecule has 3 N–H and O–H groups in total. The van der Waals surface area contributed by atoms with Crippen LogP contribution in [0.1, 0.15) is 23.6 Å². The summed E-state index contributed by atoms with van der Waals surface area (Å²) in [7, 11) is 0. The van der Waals surface area contributed by atoms with E-state index >= 15 is 0 Å². The minimum atomic E-state index is 0.135. The number of para-hydroxylation sites is 1. The van der Waals surface area contributed by atoms with Gasteiger partial charge in [0.05, 0.1) is 0 Å². The highest BCUT2D eigenvalue weighted by Crippen LogP contribution is 2.20. The van der Waals surface area contributed by atoms with E-state index in [1.165, 1.54) is 16.0 Å². The molecule has 1 amide bonds. The number of hydrogen-bond donors (Lipinski definition) is 3. The quantitative estimate of drug-likeness (QED) is 0.694. The van der Waals surface area contributed by atoms with Crippen molar-refractivity contribution in [3.8, 4) is 0 Å². The van der Waals surface area contributed by atoms with Gasteiger partial charge in [0.1, 0.15) is 32.7 Å². The van der Waals surface area contributed by atoms with E-state index in [1.807, 2.05) is 0 Å². The van der Waals surface area contributed by atoms with Gasteiger partial charge in [0, 0.05) is 11.3 Å². The largest absolute Gasteiger partial charge is 0.322 e. The number of nitrogens with one attached hydrogen (secondary N) is 3. The predicted molar refractivity (Wildman–Crippen MR) is 106 cm³/mol. The van der Waals surface area contributed by atoms with Crippen molar-refractivity contribution in [1.82, 2.24) is 0 Å². The summed E-state index contributed by atoms with van der Waals surface area (Å²) >= 11 is 0. The molecule has 0 atom stereocenters. The van der Waals surface area contributed by atoms with Crippen LogP contribution in [0.2, 0.25) is 0 Å². The van der Waals surface area contributed by atoms with Gasteiger partial charge in [-0.2, -0.15) is 0 Å². The van der Waals surface area contributed by atoms with Gasteiger partial charge in [-0.05, 0) is 24.5 Å². The fourth-order valence-electron chi connectivity index (χ4n) is 3.81. The first-order valence-electron chi connectivity index (χ1n) is 9.75. The minimum absolute atomic E-state index is 0.135. The number of aryl methyl sites for hydroxylation is 2. The molecule has 0 aromatic heterocycles. The highest BCUT2D eigenvalue weighted by molar-refractivity contribution is 5.93. The van der Waals surface area contributed by atoms with Crippen molar-refractivity contribution in [3.05, 3.63) is 65.2 Å². The molecule has 1 saturated heterocycles. The number of anilines is 1. The van der Waals surface area contributed by atoms with Crippen molar-refractivity contribution >= 4 is 11.6 Å². The lowest BCUT2D eigenvalue weighted by Gasteiger charge is -2.29. The minimum Gasteiger partial charge on any atom is -0.322 e. The van der Waals surface area contributed by atoms with Crippen LogP contribution in [0.15, 0.2) is 48.5 Å². The molecule has 0 radical (unpaired) electrons. The van der Waals surface area contributed by atoms with Crippen molar-refractivity contribution in [3.63, 3.8) is 0 Å². The molecule has 2 aromatic rings. The van der Waals surface area contributed by atoms with E-state index in [1.54, 1.807) is 4.90 Å². The lowest BCUT2D eigenvalue weighted by molar-refractivity contribution is -1.02. The molecule has 0 aliphatic carbocycles. The molecule has 1 aliphatic rings. The highest BCUT2D eigenvalue weighted by atomic mass is 16.2. The van der Waals surface area contributed by atoms with Gasteiger partial charge in [-0.15, -0.1) is 0 Å². The molecule has 0 unspecified atom stereocenters. The fraction of sp³-hybridized carbons (Fsp3) is 0.409. The van der Waals surface area contributed by atoms with E-state index in [4.69, 9.17) is 0 Å². The van der Waals surface area contributed by atoms with Gasteiger partial charge in [0.15, 0.2) is 6.54 Å². The maximum atomic E-state index is 12.5. The van der Waals surface area contributed by atoms with Crippen LogP contribution in [0.25, 0.3) is 0 Å². The average molecular weight is 354 g/mol. The smallest absolute Gasteiger partial charge is 0.279 e. The van der Waals surface area contributed by atoms with Crippen LogP contribution in [-0.2, 0) is 17.8 Å². The Morgan fingerprint density at radius 1 is 0.962 bits per heavy atom. The second-order valence-electron chi connectivity index (χ2n) is 7.35. The van der Waals surface area contributed by atoms with E-state index in [9.17, 15) is 4.79 Å². The second kappa shape index (κ2) is 8.97. The van der Waals surface area contributed by atoms with Gasteiger partial charge >= 0.3 is 0 Å². The maximum absolute atomic E-state index is 12.5. The Labute approximate surface area is 156 Å². The summed E-state index contributed by atoms with van der Waals surface area (Å²) in [6, 6.07) is 16.9. The Morgan fingerprint density at radius 2 is 1.65 bits per heavy atom. The van der Waals surface area contributed by atoms with Gasteiger partial charge < -0.3 is 15.1 Å². The first kappa shape index (κ1) is 18.6. The number of rotatable bonds is 6. The molecule has 0 bridgehead atoms. The lowest BCUT2D eigenvalue weighted by Crippen LogP contribution is -3.28. The average Bonchev–Trinajstić information content (AvgIpc) is 2.66. The van der Waals surface area contributed by atoms with E-state index in [-0.39, 0.29) is 5.91 Å². The van der Waals surface area contributed by atoms with Crippen LogP contribution in [0.5, 0.6) is 0 Å². The third kappa shape index (κ3) is 4.93. The van der Waals surface area contributed by atoms with Crippen LogP contribution in [0.4, 0.5) is 5.69 Å². The summed E-state index contributed by atoms with van der Waals surface area (Å²) in [5, 5.41) is 3.16. The van der Waals surface area contributed by atoms with Crippen LogP contribution < -0.4 is 15.1 Å². The molecule has 1 aliphatic heterocycles. The van der Waals surface area contributed by atoms with Crippen LogP contribution in [0, 0.1) is 6.92 Å². The van der Waals surface area contributed by atoms with Crippen LogP contribution in [0.3, 0.4) is 0 Å². The molecule has 1 heterocycles. The zero-order valence-corrected chi connectivity index (χ0v) is 16.0. The molecule has 26 heavy (non-hydrogen) atoms. The summed E-state index contributed by atoms with van der Waals surface area (Å²) < 4.78 is 0. The van der Waals surface area contributed by atoms with Crippen LogP contribution >= 0.6 is 0 Å². The van der Waals surface area contributed by atoms with Gasteiger partial charge in [-0.25, -0.2) is 0 Å². The Hall–Kier alpha value is -2.17. The normalized spacial score (nSPS) is 19.9. The zero-order valence-electron chi connectivity index (χ0n) is 16.0. The monoisotopic (exact) mass is 353 g/mol. The Kier molecular flexibility index (Phi) is 6.42. The first-order valence-corrected chi connectivity index (χ1v) is 9.75. The van der Waals surface area contributed by atoms with Gasteiger partial charge in [-0.1, -0.05) is 55.5 Å². The summed E-state index contributed by atoms with van der Waals surface area (Å²) in [5.74, 6) is 0.135. The van der Waals surface area contributed by atoms with Crippen LogP contribution in [-0.4, -0.2) is 38.6 Å². The molecule has 1 fully saturated rings. The van der Waals surface area contributed by atoms with E-state index in [2.05, 4.69) is 67.7 Å². The van der Waals surface area contributed by atoms with Crippen molar-refractivity contribution in [2.45, 2.75) is 26.8 Å². The second-order valence-corrected chi connectivity index (χ2v) is 7.35. The Morgan fingerprint density at radius 3 is 2.35 bits per heavy atom. The highest BCUT2D eigenvalue weighted by Gasteiger charge is 2.25. The molecule has 2 aromatic carbocycles. The number of quaternary nitrogens is 2. The first-order chi connectivity index (χ1) is 12.7. The fourth-order valence-corrected chi connectivity index (χ4v) is 3.81. The third-order valence-corrected chi connectivity index (χ3v) is 5.38. The maximum Gasteiger partial charge on any atom is 0.279 e. The van der Waals surface area contributed by atoms with Gasteiger partial charge in [0.2, 0.25) is 0 Å². The lowest BCUT2D eigenvalue weighted by atomic mass is 10.1.